The molecule has 0 atom stereocenters. The minimum absolute atomic E-state index is 0.0141. The van der Waals surface area contributed by atoms with Crippen LogP contribution in [0.5, 0.6) is 0 Å². The van der Waals surface area contributed by atoms with Crippen LogP contribution in [0.25, 0.3) is 0 Å². The summed E-state index contributed by atoms with van der Waals surface area (Å²) in [7, 11) is -3.47. The van der Waals surface area contributed by atoms with Gasteiger partial charge in [-0.2, -0.15) is 0 Å². The molecular weight excluding hydrogens is 273 g/mol. The molecule has 0 saturated heterocycles. The van der Waals surface area contributed by atoms with Gasteiger partial charge >= 0.3 is 0 Å². The Morgan fingerprint density at radius 2 is 2.21 bits per heavy atom. The summed E-state index contributed by atoms with van der Waals surface area (Å²) in [5.41, 5.74) is 5.29. The molecule has 0 amide bonds. The Morgan fingerprint density at radius 1 is 1.53 bits per heavy atom. The van der Waals surface area contributed by atoms with Gasteiger partial charge in [0, 0.05) is 5.69 Å². The highest BCUT2D eigenvalue weighted by Gasteiger charge is 2.13. The summed E-state index contributed by atoms with van der Waals surface area (Å²) < 4.78 is 39.1. The number of benzene rings is 1. The van der Waals surface area contributed by atoms with Crippen molar-refractivity contribution in [2.45, 2.75) is 19.8 Å². The minimum Gasteiger partial charge on any atom is -0.409 e. The van der Waals surface area contributed by atoms with Crippen molar-refractivity contribution in [2.75, 3.05) is 10.5 Å². The van der Waals surface area contributed by atoms with Gasteiger partial charge in [0.15, 0.2) is 5.84 Å². The molecule has 0 bridgehead atoms. The van der Waals surface area contributed by atoms with E-state index in [1.807, 2.05) is 6.92 Å². The Labute approximate surface area is 111 Å². The summed E-state index contributed by atoms with van der Waals surface area (Å²) in [5, 5.41) is 11.2. The molecule has 0 fully saturated rings. The molecule has 0 spiro atoms. The summed E-state index contributed by atoms with van der Waals surface area (Å²) in [6, 6.07) is 3.49. The first-order valence-corrected chi connectivity index (χ1v) is 7.32. The van der Waals surface area contributed by atoms with Crippen LogP contribution in [0.15, 0.2) is 23.4 Å². The summed E-state index contributed by atoms with van der Waals surface area (Å²) in [5.74, 6) is -1.14. The number of nitrogens with zero attached hydrogens (tertiary/aromatic N) is 1. The van der Waals surface area contributed by atoms with Crippen molar-refractivity contribution in [3.8, 4) is 0 Å². The molecule has 1 rings (SSSR count). The van der Waals surface area contributed by atoms with Gasteiger partial charge in [0.2, 0.25) is 10.0 Å². The maximum atomic E-state index is 13.4. The Balaban J connectivity index is 2.98. The average molecular weight is 289 g/mol. The largest absolute Gasteiger partial charge is 0.409 e. The normalized spacial score (nSPS) is 12.4. The molecule has 4 N–H and O–H groups in total. The van der Waals surface area contributed by atoms with Gasteiger partial charge in [0.05, 0.1) is 11.3 Å². The molecule has 1 aromatic carbocycles. The summed E-state index contributed by atoms with van der Waals surface area (Å²) in [6.45, 7) is 1.88. The maximum Gasteiger partial charge on any atom is 0.232 e. The lowest BCUT2D eigenvalue weighted by Gasteiger charge is -2.09. The molecule has 8 heteroatoms. The van der Waals surface area contributed by atoms with Crippen molar-refractivity contribution < 1.29 is 18.0 Å². The second-order valence-electron chi connectivity index (χ2n) is 3.95. The van der Waals surface area contributed by atoms with E-state index >= 15 is 0 Å². The molecule has 6 nitrogen and oxygen atoms in total. The van der Waals surface area contributed by atoms with E-state index in [4.69, 9.17) is 10.9 Å². The highest BCUT2D eigenvalue weighted by atomic mass is 32.2. The van der Waals surface area contributed by atoms with Crippen LogP contribution in [-0.4, -0.2) is 25.2 Å². The Hall–Kier alpha value is -1.83. The van der Waals surface area contributed by atoms with Crippen LogP contribution in [-0.2, 0) is 10.0 Å². The number of nitrogens with one attached hydrogen (secondary N) is 1. The fraction of sp³-hybridized carbons (Fsp3) is 0.364. The molecule has 0 aliphatic carbocycles. The summed E-state index contributed by atoms with van der Waals surface area (Å²) >= 11 is 0. The molecule has 19 heavy (non-hydrogen) atoms. The third kappa shape index (κ3) is 4.40. The first-order valence-electron chi connectivity index (χ1n) is 5.67. The average Bonchev–Trinajstić information content (AvgIpc) is 2.37. The number of amidine groups is 1. The van der Waals surface area contributed by atoms with Gasteiger partial charge in [-0.3, -0.25) is 4.72 Å². The Morgan fingerprint density at radius 3 is 2.79 bits per heavy atom. The number of anilines is 1. The van der Waals surface area contributed by atoms with Gasteiger partial charge in [0.1, 0.15) is 5.82 Å². The Bertz CT molecular complexity index is 573. The van der Waals surface area contributed by atoms with Gasteiger partial charge in [-0.1, -0.05) is 18.5 Å². The van der Waals surface area contributed by atoms with Crippen LogP contribution in [0.2, 0.25) is 0 Å². The quantitative estimate of drug-likeness (QED) is 0.319. The number of hydrogen-bond donors (Lipinski definition) is 3. The number of sulfonamides is 1. The van der Waals surface area contributed by atoms with Crippen molar-refractivity contribution >= 4 is 21.5 Å². The first-order chi connectivity index (χ1) is 8.89. The molecule has 0 aliphatic heterocycles. The van der Waals surface area contributed by atoms with Crippen LogP contribution in [0.3, 0.4) is 0 Å². The fourth-order valence-corrected chi connectivity index (χ4v) is 2.66. The topological polar surface area (TPSA) is 105 Å². The summed E-state index contributed by atoms with van der Waals surface area (Å²) in [6.07, 6.45) is 1.28. The number of halogens is 1. The van der Waals surface area contributed by atoms with Crippen LogP contribution < -0.4 is 10.5 Å². The highest BCUT2D eigenvalue weighted by molar-refractivity contribution is 7.92. The number of rotatable bonds is 6. The maximum absolute atomic E-state index is 13.4. The highest BCUT2D eigenvalue weighted by Crippen LogP contribution is 2.16. The number of hydrogen-bond acceptors (Lipinski definition) is 4. The van der Waals surface area contributed by atoms with E-state index in [2.05, 4.69) is 9.88 Å². The summed E-state index contributed by atoms with van der Waals surface area (Å²) in [4.78, 5) is 0. The zero-order chi connectivity index (χ0) is 14.5. The lowest BCUT2D eigenvalue weighted by atomic mass is 10.2. The molecule has 0 aromatic heterocycles. The number of oxime groups is 1. The first kappa shape index (κ1) is 15.2. The molecule has 0 heterocycles. The van der Waals surface area contributed by atoms with Crippen molar-refractivity contribution in [1.29, 1.82) is 0 Å². The van der Waals surface area contributed by atoms with Crippen LogP contribution in [0, 0.1) is 5.82 Å². The lowest BCUT2D eigenvalue weighted by molar-refractivity contribution is 0.318. The van der Waals surface area contributed by atoms with E-state index in [1.54, 1.807) is 0 Å². The monoisotopic (exact) mass is 289 g/mol. The van der Waals surface area contributed by atoms with Crippen LogP contribution in [0.1, 0.15) is 25.3 Å². The standard InChI is InChI=1S/C11H16FN3O3S/c1-2-3-6-19(17,18)15-8-4-5-10(12)9(7-8)11(13)14-16/h4-5,7,15-16H,2-3,6H2,1H3,(H2,13,14). The third-order valence-corrected chi connectivity index (χ3v) is 3.76. The van der Waals surface area contributed by atoms with Crippen molar-refractivity contribution in [1.82, 2.24) is 0 Å². The Kier molecular flexibility index (Phi) is 5.11. The van der Waals surface area contributed by atoms with Gasteiger partial charge in [-0.25, -0.2) is 12.8 Å². The minimum atomic E-state index is -3.47. The van der Waals surface area contributed by atoms with E-state index in [1.165, 1.54) is 12.1 Å². The van der Waals surface area contributed by atoms with Crippen LogP contribution in [0.4, 0.5) is 10.1 Å². The second kappa shape index (κ2) is 6.37. The second-order valence-corrected chi connectivity index (χ2v) is 5.80. The van der Waals surface area contributed by atoms with Crippen LogP contribution >= 0.6 is 0 Å². The van der Waals surface area contributed by atoms with Gasteiger partial charge in [0.25, 0.3) is 0 Å². The number of unbranched alkanes of at least 4 members (excludes halogenated alkanes) is 1. The lowest BCUT2D eigenvalue weighted by Crippen LogP contribution is -2.19. The predicted octanol–water partition coefficient (Wildman–Crippen LogP) is 1.46. The van der Waals surface area contributed by atoms with Crippen molar-refractivity contribution in [3.05, 3.63) is 29.6 Å². The fourth-order valence-electron chi connectivity index (χ4n) is 1.40. The smallest absolute Gasteiger partial charge is 0.232 e. The van der Waals surface area contributed by atoms with Crippen molar-refractivity contribution in [3.63, 3.8) is 0 Å². The molecule has 106 valence electrons. The molecule has 1 aromatic rings. The van der Waals surface area contributed by atoms with Gasteiger partial charge < -0.3 is 10.9 Å². The molecular formula is C11H16FN3O3S. The molecule has 0 radical (unpaired) electrons. The van der Waals surface area contributed by atoms with E-state index in [-0.39, 0.29) is 17.0 Å². The zero-order valence-electron chi connectivity index (χ0n) is 10.4. The van der Waals surface area contributed by atoms with E-state index in [0.717, 1.165) is 12.5 Å². The zero-order valence-corrected chi connectivity index (χ0v) is 11.2. The van der Waals surface area contributed by atoms with Crippen molar-refractivity contribution in [2.24, 2.45) is 10.9 Å². The molecule has 0 aliphatic rings. The SMILES string of the molecule is CCCCS(=O)(=O)Nc1ccc(F)c(C(N)=NO)c1. The molecule has 0 unspecified atom stereocenters. The number of nitrogens with two attached hydrogens (primary N) is 1. The van der Waals surface area contributed by atoms with E-state index < -0.39 is 21.7 Å². The van der Waals surface area contributed by atoms with E-state index in [9.17, 15) is 12.8 Å². The van der Waals surface area contributed by atoms with E-state index in [0.29, 0.717) is 6.42 Å². The van der Waals surface area contributed by atoms with Gasteiger partial charge in [-0.05, 0) is 24.6 Å². The van der Waals surface area contributed by atoms with Gasteiger partial charge in [-0.15, -0.1) is 0 Å². The molecule has 0 saturated carbocycles. The predicted molar refractivity (Wildman–Crippen MR) is 71.2 cm³/mol. The third-order valence-electron chi connectivity index (χ3n) is 2.39.